The lowest BCUT2D eigenvalue weighted by molar-refractivity contribution is -0.134. The number of carbonyl (C=O) groups is 4. The van der Waals surface area contributed by atoms with E-state index >= 15 is 0 Å². The standard InChI is InChI=1S/C20H20FN5O4/c1-20(13-4-6-14(21)7-5-13)18(29)26(19(30)25-20)12-17(28)23-10-8-16(27)24-15-3-2-9-22-11-15/h2-7,9,11H,8,10,12H2,1H3,(H,23,28)(H,24,27)(H,25,30). The highest BCUT2D eigenvalue weighted by Gasteiger charge is 2.49. The van der Waals surface area contributed by atoms with Crippen molar-refractivity contribution in [2.75, 3.05) is 18.4 Å². The van der Waals surface area contributed by atoms with Crippen molar-refractivity contribution < 1.29 is 23.6 Å². The van der Waals surface area contributed by atoms with Crippen LogP contribution in [-0.2, 0) is 19.9 Å². The lowest BCUT2D eigenvalue weighted by Crippen LogP contribution is -2.43. The summed E-state index contributed by atoms with van der Waals surface area (Å²) in [6, 6.07) is 7.80. The molecular formula is C20H20FN5O4. The summed E-state index contributed by atoms with van der Waals surface area (Å²) >= 11 is 0. The number of hydrogen-bond acceptors (Lipinski definition) is 5. The Hall–Kier alpha value is -3.82. The summed E-state index contributed by atoms with van der Waals surface area (Å²) in [7, 11) is 0. The van der Waals surface area contributed by atoms with Gasteiger partial charge >= 0.3 is 6.03 Å². The molecule has 0 aliphatic carbocycles. The molecule has 1 unspecified atom stereocenters. The topological polar surface area (TPSA) is 120 Å². The van der Waals surface area contributed by atoms with E-state index in [4.69, 9.17) is 0 Å². The zero-order chi connectivity index (χ0) is 21.7. The molecule has 0 bridgehead atoms. The number of rotatable bonds is 7. The van der Waals surface area contributed by atoms with E-state index in [1.807, 2.05) is 0 Å². The predicted octanol–water partition coefficient (Wildman–Crippen LogP) is 1.13. The summed E-state index contributed by atoms with van der Waals surface area (Å²) in [5, 5.41) is 7.67. The van der Waals surface area contributed by atoms with Crippen LogP contribution in [0, 0.1) is 5.82 Å². The van der Waals surface area contributed by atoms with Crippen molar-refractivity contribution in [3.05, 3.63) is 60.2 Å². The zero-order valence-electron chi connectivity index (χ0n) is 16.1. The number of nitrogens with zero attached hydrogens (tertiary/aromatic N) is 2. The Bertz CT molecular complexity index is 967. The average Bonchev–Trinajstić information content (AvgIpc) is 2.93. The summed E-state index contributed by atoms with van der Waals surface area (Å²) in [6.45, 7) is 1.02. The molecule has 30 heavy (non-hydrogen) atoms. The maximum absolute atomic E-state index is 13.2. The van der Waals surface area contributed by atoms with Gasteiger partial charge in [-0.05, 0) is 36.8 Å². The van der Waals surface area contributed by atoms with E-state index in [2.05, 4.69) is 20.9 Å². The molecular weight excluding hydrogens is 393 g/mol. The Balaban J connectivity index is 1.51. The second-order valence-corrected chi connectivity index (χ2v) is 6.84. The van der Waals surface area contributed by atoms with Crippen LogP contribution in [0.2, 0.25) is 0 Å². The van der Waals surface area contributed by atoms with Gasteiger partial charge in [-0.3, -0.25) is 24.3 Å². The fraction of sp³-hybridized carbons (Fsp3) is 0.250. The number of carbonyl (C=O) groups excluding carboxylic acids is 4. The SMILES string of the molecule is CC1(c2ccc(F)cc2)NC(=O)N(CC(=O)NCCC(=O)Nc2cccnc2)C1=O. The lowest BCUT2D eigenvalue weighted by atomic mass is 9.92. The predicted molar refractivity (Wildman–Crippen MR) is 104 cm³/mol. The molecule has 0 spiro atoms. The van der Waals surface area contributed by atoms with Gasteiger partial charge in [0.15, 0.2) is 0 Å². The van der Waals surface area contributed by atoms with Crippen molar-refractivity contribution in [1.82, 2.24) is 20.5 Å². The Morgan fingerprint density at radius 3 is 2.57 bits per heavy atom. The fourth-order valence-corrected chi connectivity index (χ4v) is 2.99. The zero-order valence-corrected chi connectivity index (χ0v) is 16.1. The quantitative estimate of drug-likeness (QED) is 0.588. The number of urea groups is 1. The summed E-state index contributed by atoms with van der Waals surface area (Å²) in [5.74, 6) is -2.00. The molecule has 0 saturated carbocycles. The highest BCUT2D eigenvalue weighted by molar-refractivity contribution is 6.09. The van der Waals surface area contributed by atoms with Crippen molar-refractivity contribution in [2.45, 2.75) is 18.9 Å². The minimum Gasteiger partial charge on any atom is -0.354 e. The molecule has 1 aromatic carbocycles. The molecule has 2 heterocycles. The number of aromatic nitrogens is 1. The Morgan fingerprint density at radius 1 is 1.17 bits per heavy atom. The largest absolute Gasteiger partial charge is 0.354 e. The van der Waals surface area contributed by atoms with E-state index in [1.54, 1.807) is 18.3 Å². The molecule has 1 aromatic heterocycles. The smallest absolute Gasteiger partial charge is 0.325 e. The molecule has 1 aliphatic heterocycles. The van der Waals surface area contributed by atoms with Crippen LogP contribution in [0.15, 0.2) is 48.8 Å². The van der Waals surface area contributed by atoms with Crippen molar-refractivity contribution >= 4 is 29.4 Å². The normalized spacial score (nSPS) is 18.1. The third kappa shape index (κ3) is 4.59. The Kier molecular flexibility index (Phi) is 6.05. The van der Waals surface area contributed by atoms with Crippen LogP contribution in [0.25, 0.3) is 0 Å². The molecule has 1 saturated heterocycles. The molecule has 5 amide bonds. The van der Waals surface area contributed by atoms with Crippen molar-refractivity contribution in [1.29, 1.82) is 0 Å². The first-order valence-corrected chi connectivity index (χ1v) is 9.16. The summed E-state index contributed by atoms with van der Waals surface area (Å²) in [4.78, 5) is 53.6. The molecule has 1 atom stereocenters. The number of anilines is 1. The molecule has 3 rings (SSSR count). The van der Waals surface area contributed by atoms with Crippen LogP contribution >= 0.6 is 0 Å². The maximum atomic E-state index is 13.2. The van der Waals surface area contributed by atoms with Crippen LogP contribution in [-0.4, -0.2) is 46.7 Å². The lowest BCUT2D eigenvalue weighted by Gasteiger charge is -2.22. The van der Waals surface area contributed by atoms with Gasteiger partial charge in [-0.1, -0.05) is 12.1 Å². The molecule has 156 valence electrons. The van der Waals surface area contributed by atoms with Gasteiger partial charge in [-0.15, -0.1) is 0 Å². The third-order valence-electron chi connectivity index (χ3n) is 4.62. The molecule has 0 radical (unpaired) electrons. The van der Waals surface area contributed by atoms with Gasteiger partial charge in [0.25, 0.3) is 5.91 Å². The number of pyridine rings is 1. The van der Waals surface area contributed by atoms with Gasteiger partial charge in [0.05, 0.1) is 11.9 Å². The van der Waals surface area contributed by atoms with Crippen LogP contribution < -0.4 is 16.0 Å². The molecule has 10 heteroatoms. The number of halogens is 1. The van der Waals surface area contributed by atoms with E-state index in [9.17, 15) is 23.6 Å². The van der Waals surface area contributed by atoms with Crippen molar-refractivity contribution in [3.63, 3.8) is 0 Å². The van der Waals surface area contributed by atoms with Gasteiger partial charge in [0.1, 0.15) is 17.9 Å². The monoisotopic (exact) mass is 413 g/mol. The van der Waals surface area contributed by atoms with Gasteiger partial charge in [-0.2, -0.15) is 0 Å². The molecule has 9 nitrogen and oxygen atoms in total. The van der Waals surface area contributed by atoms with Crippen LogP contribution in [0.4, 0.5) is 14.9 Å². The Labute approximate surface area is 171 Å². The molecule has 2 aromatic rings. The fourth-order valence-electron chi connectivity index (χ4n) is 2.99. The van der Waals surface area contributed by atoms with Crippen LogP contribution in [0.3, 0.4) is 0 Å². The number of amides is 5. The number of imide groups is 1. The second kappa shape index (κ2) is 8.68. The van der Waals surface area contributed by atoms with E-state index < -0.39 is 35.7 Å². The number of hydrogen-bond donors (Lipinski definition) is 3. The molecule has 1 aliphatic rings. The van der Waals surface area contributed by atoms with E-state index in [-0.39, 0.29) is 18.9 Å². The minimum atomic E-state index is -1.39. The first-order valence-electron chi connectivity index (χ1n) is 9.16. The summed E-state index contributed by atoms with van der Waals surface area (Å²) < 4.78 is 13.2. The highest BCUT2D eigenvalue weighted by atomic mass is 19.1. The summed E-state index contributed by atoms with van der Waals surface area (Å²) in [5.41, 5.74) is -0.459. The van der Waals surface area contributed by atoms with Gasteiger partial charge < -0.3 is 16.0 Å². The third-order valence-corrected chi connectivity index (χ3v) is 4.62. The minimum absolute atomic E-state index is 0.00801. The van der Waals surface area contributed by atoms with Gasteiger partial charge in [0.2, 0.25) is 11.8 Å². The maximum Gasteiger partial charge on any atom is 0.325 e. The first-order chi connectivity index (χ1) is 14.3. The Morgan fingerprint density at radius 2 is 1.90 bits per heavy atom. The van der Waals surface area contributed by atoms with Gasteiger partial charge in [-0.25, -0.2) is 9.18 Å². The van der Waals surface area contributed by atoms with E-state index in [0.717, 1.165) is 4.90 Å². The van der Waals surface area contributed by atoms with E-state index in [1.165, 1.54) is 37.4 Å². The van der Waals surface area contributed by atoms with Crippen LogP contribution in [0.1, 0.15) is 18.9 Å². The van der Waals surface area contributed by atoms with Gasteiger partial charge in [0, 0.05) is 19.2 Å². The molecule has 1 fully saturated rings. The van der Waals surface area contributed by atoms with Crippen molar-refractivity contribution in [2.24, 2.45) is 0 Å². The first kappa shape index (κ1) is 20.9. The number of benzene rings is 1. The average molecular weight is 413 g/mol. The number of nitrogens with one attached hydrogen (secondary N) is 3. The van der Waals surface area contributed by atoms with Crippen molar-refractivity contribution in [3.8, 4) is 0 Å². The van der Waals surface area contributed by atoms with Crippen LogP contribution in [0.5, 0.6) is 0 Å². The second-order valence-electron chi connectivity index (χ2n) is 6.84. The highest BCUT2D eigenvalue weighted by Crippen LogP contribution is 2.28. The molecule has 3 N–H and O–H groups in total. The summed E-state index contributed by atoms with van der Waals surface area (Å²) in [6.07, 6.45) is 3.08. The van der Waals surface area contributed by atoms with E-state index in [0.29, 0.717) is 11.3 Å².